The van der Waals surface area contributed by atoms with Crippen molar-refractivity contribution in [3.8, 4) is 11.4 Å². The van der Waals surface area contributed by atoms with Crippen molar-refractivity contribution in [3.05, 3.63) is 133 Å². The zero-order valence-corrected chi connectivity index (χ0v) is 21.8. The van der Waals surface area contributed by atoms with Gasteiger partial charge < -0.3 is 9.13 Å². The molecule has 9 rings (SSSR count). The van der Waals surface area contributed by atoms with Gasteiger partial charge in [0, 0.05) is 38.3 Å². The summed E-state index contributed by atoms with van der Waals surface area (Å²) in [7, 11) is 0. The van der Waals surface area contributed by atoms with Crippen molar-refractivity contribution >= 4 is 75.1 Å². The standard InChI is InChI=1S/C36H22N2S/c1-3-12-24(13-4-1)37-31-22-19-23-11-7-8-16-26(23)32(31)28-20-21-29-33-27-17-9-10-18-30(27)38(25-14-5-2-6-15-25)36(33)39-35(29)34(28)37/h1-22H. The molecule has 3 heteroatoms. The third-order valence-electron chi connectivity index (χ3n) is 8.10. The van der Waals surface area contributed by atoms with Gasteiger partial charge in [0.1, 0.15) is 4.83 Å². The van der Waals surface area contributed by atoms with Gasteiger partial charge in [-0.05, 0) is 47.2 Å². The molecule has 0 aliphatic carbocycles. The van der Waals surface area contributed by atoms with E-state index in [4.69, 9.17) is 0 Å². The predicted molar refractivity (Wildman–Crippen MR) is 168 cm³/mol. The van der Waals surface area contributed by atoms with Crippen LogP contribution in [-0.4, -0.2) is 9.13 Å². The van der Waals surface area contributed by atoms with Crippen LogP contribution in [0.3, 0.4) is 0 Å². The van der Waals surface area contributed by atoms with Gasteiger partial charge in [-0.15, -0.1) is 11.3 Å². The number of aromatic nitrogens is 2. The maximum Gasteiger partial charge on any atom is 0.109 e. The van der Waals surface area contributed by atoms with E-state index < -0.39 is 0 Å². The van der Waals surface area contributed by atoms with E-state index in [9.17, 15) is 0 Å². The van der Waals surface area contributed by atoms with Gasteiger partial charge in [0.15, 0.2) is 0 Å². The van der Waals surface area contributed by atoms with Gasteiger partial charge in [-0.3, -0.25) is 0 Å². The van der Waals surface area contributed by atoms with E-state index in [0.29, 0.717) is 0 Å². The van der Waals surface area contributed by atoms with E-state index in [1.807, 2.05) is 11.3 Å². The Hall–Kier alpha value is -4.86. The van der Waals surface area contributed by atoms with Gasteiger partial charge in [-0.25, -0.2) is 0 Å². The molecule has 3 heterocycles. The predicted octanol–water partition coefficient (Wildman–Crippen LogP) is 10.2. The van der Waals surface area contributed by atoms with Crippen LogP contribution in [0.2, 0.25) is 0 Å². The van der Waals surface area contributed by atoms with Crippen molar-refractivity contribution in [2.45, 2.75) is 0 Å². The fraction of sp³-hybridized carbons (Fsp3) is 0. The van der Waals surface area contributed by atoms with E-state index in [0.717, 1.165) is 0 Å². The first-order valence-electron chi connectivity index (χ1n) is 13.3. The molecule has 0 amide bonds. The van der Waals surface area contributed by atoms with Crippen LogP contribution in [-0.2, 0) is 0 Å². The minimum absolute atomic E-state index is 1.19. The van der Waals surface area contributed by atoms with Crippen molar-refractivity contribution in [2.24, 2.45) is 0 Å². The van der Waals surface area contributed by atoms with Crippen LogP contribution in [0.25, 0.3) is 75.2 Å². The molecule has 6 aromatic carbocycles. The highest BCUT2D eigenvalue weighted by Gasteiger charge is 2.22. The Kier molecular flexibility index (Phi) is 4.24. The highest BCUT2D eigenvalue weighted by molar-refractivity contribution is 7.26. The summed E-state index contributed by atoms with van der Waals surface area (Å²) in [5, 5.41) is 9.16. The molecule has 0 atom stereocenters. The highest BCUT2D eigenvalue weighted by Crippen LogP contribution is 2.47. The minimum atomic E-state index is 1.19. The number of rotatable bonds is 2. The first kappa shape index (κ1) is 21.1. The van der Waals surface area contributed by atoms with E-state index in [1.165, 1.54) is 75.2 Å². The molecule has 0 fully saturated rings. The first-order chi connectivity index (χ1) is 19.4. The van der Waals surface area contributed by atoms with E-state index in [2.05, 4.69) is 143 Å². The van der Waals surface area contributed by atoms with E-state index in [-0.39, 0.29) is 0 Å². The number of hydrogen-bond donors (Lipinski definition) is 0. The molecule has 9 aromatic rings. The number of benzene rings is 6. The molecule has 0 saturated carbocycles. The Morgan fingerprint density at radius 1 is 0.410 bits per heavy atom. The van der Waals surface area contributed by atoms with Gasteiger partial charge in [0.05, 0.1) is 21.3 Å². The van der Waals surface area contributed by atoms with Crippen LogP contribution in [0, 0.1) is 0 Å². The van der Waals surface area contributed by atoms with E-state index in [1.54, 1.807) is 0 Å². The first-order valence-corrected chi connectivity index (χ1v) is 14.1. The Labute approximate surface area is 228 Å². The fourth-order valence-electron chi connectivity index (χ4n) is 6.49. The Bertz CT molecular complexity index is 2370. The Balaban J connectivity index is 1.54. The maximum atomic E-state index is 2.48. The molecule has 39 heavy (non-hydrogen) atoms. The topological polar surface area (TPSA) is 9.86 Å². The molecule has 0 bridgehead atoms. The molecule has 0 N–H and O–H groups in total. The van der Waals surface area contributed by atoms with Crippen molar-refractivity contribution in [3.63, 3.8) is 0 Å². The molecule has 3 aromatic heterocycles. The van der Waals surface area contributed by atoms with Crippen LogP contribution in [0.4, 0.5) is 0 Å². The average molecular weight is 515 g/mol. The van der Waals surface area contributed by atoms with Gasteiger partial charge in [0.2, 0.25) is 0 Å². The third kappa shape index (κ3) is 2.80. The molecule has 0 unspecified atom stereocenters. The molecule has 0 radical (unpaired) electrons. The lowest BCUT2D eigenvalue weighted by Gasteiger charge is -2.09. The summed E-state index contributed by atoms with van der Waals surface area (Å²) in [6.07, 6.45) is 0. The average Bonchev–Trinajstić information content (AvgIpc) is 3.65. The quantitative estimate of drug-likeness (QED) is 0.217. The summed E-state index contributed by atoms with van der Waals surface area (Å²) >= 11 is 1.91. The van der Waals surface area contributed by atoms with Gasteiger partial charge in [-0.1, -0.05) is 97.1 Å². The van der Waals surface area contributed by atoms with Crippen LogP contribution in [0.15, 0.2) is 133 Å². The number of fused-ring (bicyclic) bond motifs is 11. The van der Waals surface area contributed by atoms with Crippen LogP contribution in [0.1, 0.15) is 0 Å². The summed E-state index contributed by atoms with van der Waals surface area (Å²) in [6.45, 7) is 0. The smallest absolute Gasteiger partial charge is 0.109 e. The van der Waals surface area contributed by atoms with Crippen LogP contribution in [0.5, 0.6) is 0 Å². The monoisotopic (exact) mass is 514 g/mol. The number of nitrogens with zero attached hydrogens (tertiary/aromatic N) is 2. The number of para-hydroxylation sites is 3. The van der Waals surface area contributed by atoms with Crippen molar-refractivity contribution in [1.29, 1.82) is 0 Å². The van der Waals surface area contributed by atoms with Gasteiger partial charge in [0.25, 0.3) is 0 Å². The maximum absolute atomic E-state index is 2.48. The second kappa shape index (κ2) is 7.83. The molecule has 0 saturated heterocycles. The van der Waals surface area contributed by atoms with Crippen molar-refractivity contribution in [2.75, 3.05) is 0 Å². The summed E-state index contributed by atoms with van der Waals surface area (Å²) in [6, 6.07) is 48.4. The van der Waals surface area contributed by atoms with Crippen molar-refractivity contribution < 1.29 is 0 Å². The lowest BCUT2D eigenvalue weighted by atomic mass is 10.0. The van der Waals surface area contributed by atoms with E-state index >= 15 is 0 Å². The number of thiophene rings is 1. The minimum Gasteiger partial charge on any atom is -0.308 e. The molecule has 0 spiro atoms. The zero-order chi connectivity index (χ0) is 25.5. The molecular formula is C36H22N2S. The lowest BCUT2D eigenvalue weighted by molar-refractivity contribution is 1.19. The highest BCUT2D eigenvalue weighted by atomic mass is 32.1. The van der Waals surface area contributed by atoms with Gasteiger partial charge >= 0.3 is 0 Å². The Morgan fingerprint density at radius 2 is 1.05 bits per heavy atom. The summed E-state index contributed by atoms with van der Waals surface area (Å²) in [4.78, 5) is 1.29. The Morgan fingerprint density at radius 3 is 1.85 bits per heavy atom. The van der Waals surface area contributed by atoms with Crippen molar-refractivity contribution in [1.82, 2.24) is 9.13 Å². The summed E-state index contributed by atoms with van der Waals surface area (Å²) in [5.74, 6) is 0. The fourth-order valence-corrected chi connectivity index (χ4v) is 7.88. The molecular weight excluding hydrogens is 492 g/mol. The largest absolute Gasteiger partial charge is 0.308 e. The molecule has 2 nitrogen and oxygen atoms in total. The molecule has 182 valence electrons. The molecule has 0 aliphatic rings. The zero-order valence-electron chi connectivity index (χ0n) is 21.0. The van der Waals surface area contributed by atoms with Crippen LogP contribution >= 0.6 is 11.3 Å². The number of hydrogen-bond acceptors (Lipinski definition) is 1. The summed E-state index contributed by atoms with van der Waals surface area (Å²) < 4.78 is 6.24. The lowest BCUT2D eigenvalue weighted by Crippen LogP contribution is -1.93. The summed E-state index contributed by atoms with van der Waals surface area (Å²) in [5.41, 5.74) is 6.17. The third-order valence-corrected chi connectivity index (χ3v) is 9.30. The second-order valence-corrected chi connectivity index (χ2v) is 11.2. The van der Waals surface area contributed by atoms with Gasteiger partial charge in [-0.2, -0.15) is 0 Å². The normalized spacial score (nSPS) is 12.1. The molecule has 0 aliphatic heterocycles. The second-order valence-electron chi connectivity index (χ2n) is 10.2. The van der Waals surface area contributed by atoms with Crippen LogP contribution < -0.4 is 0 Å². The SMILES string of the molecule is c1ccc(-n2c3ccccc3c3c4ccc5c6c7ccccc7ccc6n(-c6ccccc6)c5c4sc32)cc1.